The molecule has 0 amide bonds. The van der Waals surface area contributed by atoms with Gasteiger partial charge in [-0.1, -0.05) is 60.7 Å². The van der Waals surface area contributed by atoms with Crippen LogP contribution >= 0.6 is 0 Å². The zero-order valence-corrected chi connectivity index (χ0v) is 19.7. The smallest absolute Gasteiger partial charge is 0.219 e. The standard InChI is InChI=1S/C24H28N2O6S/c1-23(2)31-21-22(32-23)30-20(15-29-14-18-10-6-4-7-11-18)24(21,17-25)26(3)33(27,28)16-19-12-8-5-9-13-19/h4-13,20-22H,14-16H2,1-3H3/t20-,21+,22-,24-/m1/s1. The molecule has 0 aliphatic carbocycles. The molecular weight excluding hydrogens is 444 g/mol. The van der Waals surface area contributed by atoms with Crippen molar-refractivity contribution in [2.75, 3.05) is 13.7 Å². The fraction of sp³-hybridized carbons (Fsp3) is 0.458. The molecule has 4 rings (SSSR count). The van der Waals surface area contributed by atoms with E-state index < -0.39 is 39.8 Å². The zero-order chi connectivity index (χ0) is 23.7. The monoisotopic (exact) mass is 472 g/mol. The van der Waals surface area contributed by atoms with Gasteiger partial charge in [0.05, 0.1) is 25.0 Å². The number of sulfonamides is 1. The number of likely N-dealkylation sites (N-methyl/N-ethyl adjacent to an activating group) is 1. The van der Waals surface area contributed by atoms with E-state index in [9.17, 15) is 13.7 Å². The summed E-state index contributed by atoms with van der Waals surface area (Å²) in [6, 6.07) is 20.6. The third kappa shape index (κ3) is 4.68. The Morgan fingerprint density at radius 1 is 1.03 bits per heavy atom. The lowest BCUT2D eigenvalue weighted by molar-refractivity contribution is -0.218. The van der Waals surface area contributed by atoms with Crippen LogP contribution in [0, 0.1) is 11.3 Å². The minimum absolute atomic E-state index is 0.00615. The van der Waals surface area contributed by atoms with Crippen molar-refractivity contribution in [2.24, 2.45) is 0 Å². The van der Waals surface area contributed by atoms with E-state index >= 15 is 0 Å². The van der Waals surface area contributed by atoms with Crippen LogP contribution in [0.3, 0.4) is 0 Å². The maximum atomic E-state index is 13.4. The highest BCUT2D eigenvalue weighted by molar-refractivity contribution is 7.88. The Balaban J connectivity index is 1.61. The molecule has 176 valence electrons. The summed E-state index contributed by atoms with van der Waals surface area (Å²) in [5.41, 5.74) is -0.0893. The predicted molar refractivity (Wildman–Crippen MR) is 120 cm³/mol. The van der Waals surface area contributed by atoms with Crippen LogP contribution in [-0.2, 0) is 41.3 Å². The number of hydrogen-bond donors (Lipinski definition) is 0. The lowest BCUT2D eigenvalue weighted by atomic mass is 9.90. The largest absolute Gasteiger partial charge is 0.374 e. The van der Waals surface area contributed by atoms with E-state index in [1.807, 2.05) is 36.4 Å². The third-order valence-electron chi connectivity index (χ3n) is 5.97. The van der Waals surface area contributed by atoms with Crippen molar-refractivity contribution in [2.45, 2.75) is 56.0 Å². The SMILES string of the molecule is CN([C@]1(C#N)[C@@H](COCc2ccccc2)O[C@@H]2OC(C)(C)O[C@@H]21)S(=O)(=O)Cc1ccccc1. The van der Waals surface area contributed by atoms with Crippen molar-refractivity contribution in [3.8, 4) is 6.07 Å². The van der Waals surface area contributed by atoms with Gasteiger partial charge in [-0.05, 0) is 25.0 Å². The highest BCUT2D eigenvalue weighted by Gasteiger charge is 2.68. The minimum Gasteiger partial charge on any atom is -0.374 e. The average Bonchev–Trinajstić information content (AvgIpc) is 3.24. The van der Waals surface area contributed by atoms with Crippen LogP contribution in [0.25, 0.3) is 0 Å². The normalized spacial score (nSPS) is 28.5. The number of ether oxygens (including phenoxy) is 4. The Labute approximate surface area is 194 Å². The molecule has 0 radical (unpaired) electrons. The van der Waals surface area contributed by atoms with Crippen molar-refractivity contribution >= 4 is 10.0 Å². The molecule has 0 N–H and O–H groups in total. The number of fused-ring (bicyclic) bond motifs is 1. The van der Waals surface area contributed by atoms with Gasteiger partial charge in [-0.15, -0.1) is 0 Å². The highest BCUT2D eigenvalue weighted by atomic mass is 32.2. The van der Waals surface area contributed by atoms with Crippen LogP contribution in [0.2, 0.25) is 0 Å². The van der Waals surface area contributed by atoms with E-state index in [-0.39, 0.29) is 12.4 Å². The van der Waals surface area contributed by atoms with E-state index in [0.29, 0.717) is 12.2 Å². The zero-order valence-electron chi connectivity index (χ0n) is 18.9. The Hall–Kier alpha value is -2.32. The first-order valence-corrected chi connectivity index (χ1v) is 12.3. The lowest BCUT2D eigenvalue weighted by Gasteiger charge is -2.38. The summed E-state index contributed by atoms with van der Waals surface area (Å²) < 4.78 is 51.7. The van der Waals surface area contributed by atoms with Gasteiger partial charge in [0.1, 0.15) is 12.2 Å². The lowest BCUT2D eigenvalue weighted by Crippen LogP contribution is -2.62. The van der Waals surface area contributed by atoms with Crippen molar-refractivity contribution in [1.29, 1.82) is 5.26 Å². The second-order valence-electron chi connectivity index (χ2n) is 8.70. The maximum Gasteiger partial charge on any atom is 0.219 e. The summed E-state index contributed by atoms with van der Waals surface area (Å²) in [5.74, 6) is -1.27. The fourth-order valence-corrected chi connectivity index (χ4v) is 5.83. The molecule has 9 heteroatoms. The molecule has 2 aliphatic heterocycles. The van der Waals surface area contributed by atoms with Crippen molar-refractivity contribution in [3.63, 3.8) is 0 Å². The van der Waals surface area contributed by atoms with Crippen LogP contribution in [-0.4, -0.2) is 56.2 Å². The summed E-state index contributed by atoms with van der Waals surface area (Å²) >= 11 is 0. The van der Waals surface area contributed by atoms with E-state index in [0.717, 1.165) is 9.87 Å². The molecule has 0 aromatic heterocycles. The number of nitriles is 1. The molecule has 2 aromatic carbocycles. The Bertz CT molecular complexity index is 1100. The summed E-state index contributed by atoms with van der Waals surface area (Å²) in [6.07, 6.45) is -2.73. The highest BCUT2D eigenvalue weighted by Crippen LogP contribution is 2.46. The molecule has 2 heterocycles. The van der Waals surface area contributed by atoms with Crippen LogP contribution < -0.4 is 0 Å². The summed E-state index contributed by atoms with van der Waals surface area (Å²) in [4.78, 5) is 0. The molecule has 2 aliphatic rings. The maximum absolute atomic E-state index is 13.4. The van der Waals surface area contributed by atoms with Gasteiger partial charge in [0.15, 0.2) is 17.6 Å². The van der Waals surface area contributed by atoms with Gasteiger partial charge in [-0.3, -0.25) is 0 Å². The van der Waals surface area contributed by atoms with Crippen LogP contribution in [0.4, 0.5) is 0 Å². The van der Waals surface area contributed by atoms with Crippen LogP contribution in [0.1, 0.15) is 25.0 Å². The van der Waals surface area contributed by atoms with E-state index in [4.69, 9.17) is 18.9 Å². The van der Waals surface area contributed by atoms with Crippen molar-refractivity contribution in [1.82, 2.24) is 4.31 Å². The van der Waals surface area contributed by atoms with E-state index in [1.54, 1.807) is 38.1 Å². The van der Waals surface area contributed by atoms with Gasteiger partial charge in [0.25, 0.3) is 0 Å². The average molecular weight is 473 g/mol. The first-order chi connectivity index (χ1) is 15.7. The summed E-state index contributed by atoms with van der Waals surface area (Å²) in [7, 11) is -2.52. The number of nitrogens with zero attached hydrogens (tertiary/aromatic N) is 2. The fourth-order valence-electron chi connectivity index (χ4n) is 4.30. The molecule has 33 heavy (non-hydrogen) atoms. The quantitative estimate of drug-likeness (QED) is 0.583. The second kappa shape index (κ2) is 9.14. The topological polar surface area (TPSA) is 98.1 Å². The molecule has 0 saturated carbocycles. The van der Waals surface area contributed by atoms with Gasteiger partial charge < -0.3 is 18.9 Å². The Morgan fingerprint density at radius 3 is 2.24 bits per heavy atom. The molecular formula is C24H28N2O6S. The van der Waals surface area contributed by atoms with Crippen molar-refractivity contribution in [3.05, 3.63) is 71.8 Å². The number of benzene rings is 2. The van der Waals surface area contributed by atoms with Gasteiger partial charge in [-0.25, -0.2) is 8.42 Å². The molecule has 0 spiro atoms. The third-order valence-corrected chi connectivity index (χ3v) is 7.81. The van der Waals surface area contributed by atoms with Gasteiger partial charge in [-0.2, -0.15) is 9.57 Å². The van der Waals surface area contributed by atoms with Gasteiger partial charge in [0.2, 0.25) is 10.0 Å². The number of rotatable bonds is 8. The van der Waals surface area contributed by atoms with Crippen molar-refractivity contribution < 1.29 is 27.4 Å². The summed E-state index contributed by atoms with van der Waals surface area (Å²) in [6.45, 7) is 3.70. The Kier molecular flexibility index (Phi) is 6.60. The first-order valence-electron chi connectivity index (χ1n) is 10.7. The number of hydrogen-bond acceptors (Lipinski definition) is 7. The van der Waals surface area contributed by atoms with Gasteiger partial charge in [0, 0.05) is 7.05 Å². The van der Waals surface area contributed by atoms with Gasteiger partial charge >= 0.3 is 0 Å². The molecule has 8 nitrogen and oxygen atoms in total. The minimum atomic E-state index is -3.91. The molecule has 0 unspecified atom stereocenters. The van der Waals surface area contributed by atoms with E-state index in [1.165, 1.54) is 7.05 Å². The molecule has 2 aromatic rings. The Morgan fingerprint density at radius 2 is 1.64 bits per heavy atom. The second-order valence-corrected chi connectivity index (χ2v) is 10.7. The first kappa shape index (κ1) is 23.8. The van der Waals surface area contributed by atoms with E-state index in [2.05, 4.69) is 6.07 Å². The van der Waals surface area contributed by atoms with Crippen LogP contribution in [0.15, 0.2) is 60.7 Å². The van der Waals surface area contributed by atoms with Crippen LogP contribution in [0.5, 0.6) is 0 Å². The molecule has 2 fully saturated rings. The summed E-state index contributed by atoms with van der Waals surface area (Å²) in [5, 5.41) is 10.4. The molecule has 2 saturated heterocycles. The molecule has 0 bridgehead atoms. The predicted octanol–water partition coefficient (Wildman–Crippen LogP) is 2.80. The molecule has 4 atom stereocenters.